The highest BCUT2D eigenvalue weighted by atomic mass is 15.1. The Labute approximate surface area is 102 Å². The quantitative estimate of drug-likeness (QED) is 0.705. The van der Waals surface area contributed by atoms with Crippen LogP contribution in [-0.4, -0.2) is 30.6 Å². The molecule has 2 nitrogen and oxygen atoms in total. The number of nitrogens with zero attached hydrogens (tertiary/aromatic N) is 1. The first-order valence-corrected chi connectivity index (χ1v) is 7.20. The predicted octanol–water partition coefficient (Wildman–Crippen LogP) is 3.16. The number of nitrogens with two attached hydrogens (primary N) is 1. The Bertz CT molecular complexity index is 162. The zero-order valence-electron chi connectivity index (χ0n) is 11.3. The SMILES string of the molecule is CCC(N)CCCN(C)C1CCCCCC1. The van der Waals surface area contributed by atoms with Crippen molar-refractivity contribution < 1.29 is 0 Å². The average molecular weight is 226 g/mol. The van der Waals surface area contributed by atoms with Gasteiger partial charge in [0.05, 0.1) is 0 Å². The zero-order chi connectivity index (χ0) is 11.8. The van der Waals surface area contributed by atoms with Crippen LogP contribution in [0.15, 0.2) is 0 Å². The van der Waals surface area contributed by atoms with Gasteiger partial charge in [0.25, 0.3) is 0 Å². The molecule has 0 aromatic heterocycles. The molecule has 0 spiro atoms. The summed E-state index contributed by atoms with van der Waals surface area (Å²) in [7, 11) is 2.30. The molecular weight excluding hydrogens is 196 g/mol. The van der Waals surface area contributed by atoms with Gasteiger partial charge in [0.2, 0.25) is 0 Å². The topological polar surface area (TPSA) is 29.3 Å². The van der Waals surface area contributed by atoms with Gasteiger partial charge >= 0.3 is 0 Å². The van der Waals surface area contributed by atoms with Crippen LogP contribution >= 0.6 is 0 Å². The largest absolute Gasteiger partial charge is 0.328 e. The fourth-order valence-electron chi connectivity index (χ4n) is 2.69. The van der Waals surface area contributed by atoms with Crippen molar-refractivity contribution in [2.45, 2.75) is 76.8 Å². The van der Waals surface area contributed by atoms with Gasteiger partial charge in [0, 0.05) is 12.1 Å². The molecular formula is C14H30N2. The lowest BCUT2D eigenvalue weighted by molar-refractivity contribution is 0.215. The van der Waals surface area contributed by atoms with Crippen LogP contribution in [0.4, 0.5) is 0 Å². The molecule has 96 valence electrons. The molecule has 1 saturated carbocycles. The fourth-order valence-corrected chi connectivity index (χ4v) is 2.69. The van der Waals surface area contributed by atoms with E-state index in [9.17, 15) is 0 Å². The van der Waals surface area contributed by atoms with E-state index in [1.807, 2.05) is 0 Å². The van der Waals surface area contributed by atoms with Crippen molar-refractivity contribution >= 4 is 0 Å². The fraction of sp³-hybridized carbons (Fsp3) is 1.00. The van der Waals surface area contributed by atoms with Crippen molar-refractivity contribution in [3.05, 3.63) is 0 Å². The minimum Gasteiger partial charge on any atom is -0.328 e. The number of hydrogen-bond acceptors (Lipinski definition) is 2. The summed E-state index contributed by atoms with van der Waals surface area (Å²) in [5.41, 5.74) is 5.94. The Morgan fingerprint density at radius 3 is 2.38 bits per heavy atom. The Hall–Kier alpha value is -0.0800. The zero-order valence-corrected chi connectivity index (χ0v) is 11.3. The second-order valence-electron chi connectivity index (χ2n) is 5.44. The molecule has 1 rings (SSSR count). The smallest absolute Gasteiger partial charge is 0.00922 e. The van der Waals surface area contributed by atoms with Crippen LogP contribution in [0.2, 0.25) is 0 Å². The summed E-state index contributed by atoms with van der Waals surface area (Å²) >= 11 is 0. The average Bonchev–Trinajstić information content (AvgIpc) is 2.57. The molecule has 0 amide bonds. The van der Waals surface area contributed by atoms with E-state index in [2.05, 4.69) is 18.9 Å². The van der Waals surface area contributed by atoms with Gasteiger partial charge in [-0.3, -0.25) is 0 Å². The summed E-state index contributed by atoms with van der Waals surface area (Å²) in [5, 5.41) is 0. The lowest BCUT2D eigenvalue weighted by Crippen LogP contribution is -2.33. The molecule has 1 unspecified atom stereocenters. The van der Waals surface area contributed by atoms with Crippen molar-refractivity contribution in [3.8, 4) is 0 Å². The molecule has 0 aromatic rings. The lowest BCUT2D eigenvalue weighted by atomic mass is 10.1. The lowest BCUT2D eigenvalue weighted by Gasteiger charge is -2.27. The molecule has 1 aliphatic rings. The third-order valence-electron chi connectivity index (χ3n) is 4.06. The van der Waals surface area contributed by atoms with Crippen LogP contribution in [-0.2, 0) is 0 Å². The van der Waals surface area contributed by atoms with E-state index in [0.717, 1.165) is 12.5 Å². The van der Waals surface area contributed by atoms with Gasteiger partial charge in [0.15, 0.2) is 0 Å². The van der Waals surface area contributed by atoms with Crippen molar-refractivity contribution in [2.75, 3.05) is 13.6 Å². The Morgan fingerprint density at radius 1 is 1.19 bits per heavy atom. The summed E-state index contributed by atoms with van der Waals surface area (Å²) < 4.78 is 0. The maximum Gasteiger partial charge on any atom is 0.00922 e. The number of hydrogen-bond donors (Lipinski definition) is 1. The van der Waals surface area contributed by atoms with E-state index >= 15 is 0 Å². The second-order valence-corrected chi connectivity index (χ2v) is 5.44. The standard InChI is InChI=1S/C14H30N2/c1-3-13(15)9-8-12-16(2)14-10-6-4-5-7-11-14/h13-14H,3-12,15H2,1-2H3. The Balaban J connectivity index is 2.14. The van der Waals surface area contributed by atoms with Gasteiger partial charge in [-0.15, -0.1) is 0 Å². The highest BCUT2D eigenvalue weighted by molar-refractivity contribution is 4.72. The Kier molecular flexibility index (Phi) is 7.06. The molecule has 0 saturated heterocycles. The van der Waals surface area contributed by atoms with Crippen LogP contribution in [0.1, 0.15) is 64.7 Å². The van der Waals surface area contributed by atoms with Crippen LogP contribution in [0.5, 0.6) is 0 Å². The van der Waals surface area contributed by atoms with E-state index in [1.165, 1.54) is 57.9 Å². The van der Waals surface area contributed by atoms with E-state index in [-0.39, 0.29) is 0 Å². The van der Waals surface area contributed by atoms with Crippen molar-refractivity contribution in [3.63, 3.8) is 0 Å². The maximum atomic E-state index is 5.94. The summed E-state index contributed by atoms with van der Waals surface area (Å²) in [6.07, 6.45) is 12.2. The van der Waals surface area contributed by atoms with Gasteiger partial charge in [0.1, 0.15) is 0 Å². The van der Waals surface area contributed by atoms with Crippen LogP contribution in [0.3, 0.4) is 0 Å². The summed E-state index contributed by atoms with van der Waals surface area (Å²) in [6.45, 7) is 3.41. The second kappa shape index (κ2) is 8.08. The molecule has 2 heteroatoms. The molecule has 0 aromatic carbocycles. The molecule has 2 N–H and O–H groups in total. The van der Waals surface area contributed by atoms with E-state index < -0.39 is 0 Å². The van der Waals surface area contributed by atoms with Gasteiger partial charge < -0.3 is 10.6 Å². The van der Waals surface area contributed by atoms with Gasteiger partial charge in [-0.2, -0.15) is 0 Å². The van der Waals surface area contributed by atoms with Gasteiger partial charge in [-0.1, -0.05) is 32.6 Å². The molecule has 0 heterocycles. The number of rotatable bonds is 6. The van der Waals surface area contributed by atoms with E-state index in [1.54, 1.807) is 0 Å². The normalized spacial score (nSPS) is 21.0. The van der Waals surface area contributed by atoms with Crippen molar-refractivity contribution in [1.29, 1.82) is 0 Å². The van der Waals surface area contributed by atoms with Gasteiger partial charge in [-0.05, 0) is 45.7 Å². The molecule has 0 aliphatic heterocycles. The minimum atomic E-state index is 0.419. The minimum absolute atomic E-state index is 0.419. The van der Waals surface area contributed by atoms with Crippen LogP contribution in [0.25, 0.3) is 0 Å². The Morgan fingerprint density at radius 2 is 1.81 bits per heavy atom. The molecule has 0 radical (unpaired) electrons. The monoisotopic (exact) mass is 226 g/mol. The van der Waals surface area contributed by atoms with Crippen LogP contribution in [0, 0.1) is 0 Å². The van der Waals surface area contributed by atoms with Gasteiger partial charge in [-0.25, -0.2) is 0 Å². The molecule has 16 heavy (non-hydrogen) atoms. The molecule has 1 fully saturated rings. The predicted molar refractivity (Wildman–Crippen MR) is 71.6 cm³/mol. The molecule has 1 atom stereocenters. The first-order valence-electron chi connectivity index (χ1n) is 7.20. The van der Waals surface area contributed by atoms with Crippen LogP contribution < -0.4 is 5.73 Å². The highest BCUT2D eigenvalue weighted by Crippen LogP contribution is 2.21. The van der Waals surface area contributed by atoms with E-state index in [0.29, 0.717) is 6.04 Å². The third kappa shape index (κ3) is 5.31. The first-order chi connectivity index (χ1) is 7.74. The first kappa shape index (κ1) is 14.0. The maximum absolute atomic E-state index is 5.94. The summed E-state index contributed by atoms with van der Waals surface area (Å²) in [4.78, 5) is 2.58. The third-order valence-corrected chi connectivity index (χ3v) is 4.06. The highest BCUT2D eigenvalue weighted by Gasteiger charge is 2.16. The summed E-state index contributed by atoms with van der Waals surface area (Å²) in [6, 6.07) is 1.27. The summed E-state index contributed by atoms with van der Waals surface area (Å²) in [5.74, 6) is 0. The molecule has 0 bridgehead atoms. The van der Waals surface area contributed by atoms with E-state index in [4.69, 9.17) is 5.73 Å². The van der Waals surface area contributed by atoms with Crippen molar-refractivity contribution in [2.24, 2.45) is 5.73 Å². The van der Waals surface area contributed by atoms with Crippen molar-refractivity contribution in [1.82, 2.24) is 4.90 Å². The molecule has 1 aliphatic carbocycles.